The Morgan fingerprint density at radius 2 is 2.50 bits per heavy atom. The van der Waals surface area contributed by atoms with Crippen molar-refractivity contribution >= 4 is 15.9 Å². The molecule has 1 heterocycles. The molecule has 6 heavy (non-hydrogen) atoms. The Bertz CT molecular complexity index is 71.6. The van der Waals surface area contributed by atoms with Crippen molar-refractivity contribution in [1.29, 1.82) is 0 Å². The summed E-state index contributed by atoms with van der Waals surface area (Å²) in [5.41, 5.74) is 1.31. The molecular weight excluding hydrogens is 142 g/mol. The number of hydrogen-bond donors (Lipinski definition) is 1. The SMILES string of the molecule is BrC=C1CCN1. The molecule has 0 unspecified atom stereocenters. The zero-order valence-corrected chi connectivity index (χ0v) is 4.96. The van der Waals surface area contributed by atoms with Gasteiger partial charge in [-0.05, 0) is 0 Å². The lowest BCUT2D eigenvalue weighted by molar-refractivity contribution is 0.637. The van der Waals surface area contributed by atoms with Crippen molar-refractivity contribution in [3.8, 4) is 0 Å². The van der Waals surface area contributed by atoms with Gasteiger partial charge in [-0.25, -0.2) is 0 Å². The van der Waals surface area contributed by atoms with Crippen molar-refractivity contribution in [2.45, 2.75) is 6.42 Å². The highest BCUT2D eigenvalue weighted by Gasteiger charge is 2.02. The molecule has 0 saturated carbocycles. The monoisotopic (exact) mass is 147 g/mol. The van der Waals surface area contributed by atoms with E-state index >= 15 is 0 Å². The van der Waals surface area contributed by atoms with Gasteiger partial charge in [0.2, 0.25) is 0 Å². The molecule has 1 saturated heterocycles. The molecule has 0 bridgehead atoms. The summed E-state index contributed by atoms with van der Waals surface area (Å²) in [5, 5.41) is 3.11. The molecule has 1 N–H and O–H groups in total. The van der Waals surface area contributed by atoms with Crippen LogP contribution in [-0.2, 0) is 0 Å². The van der Waals surface area contributed by atoms with Crippen LogP contribution in [0.1, 0.15) is 6.42 Å². The fraction of sp³-hybridized carbons (Fsp3) is 0.500. The van der Waals surface area contributed by atoms with E-state index in [9.17, 15) is 0 Å². The van der Waals surface area contributed by atoms with Gasteiger partial charge < -0.3 is 5.32 Å². The van der Waals surface area contributed by atoms with Crippen LogP contribution in [-0.4, -0.2) is 6.54 Å². The third-order valence-corrected chi connectivity index (χ3v) is 1.43. The minimum absolute atomic E-state index is 1.15. The molecule has 0 aliphatic carbocycles. The van der Waals surface area contributed by atoms with Gasteiger partial charge in [-0.15, -0.1) is 0 Å². The molecule has 1 fully saturated rings. The normalized spacial score (nSPS) is 25.8. The molecule has 0 aromatic carbocycles. The van der Waals surface area contributed by atoms with Crippen LogP contribution in [0.15, 0.2) is 10.7 Å². The van der Waals surface area contributed by atoms with Crippen molar-refractivity contribution in [3.05, 3.63) is 10.7 Å². The molecular formula is C4H6BrN. The third kappa shape index (κ3) is 0.570. The van der Waals surface area contributed by atoms with E-state index in [1.165, 1.54) is 12.1 Å². The van der Waals surface area contributed by atoms with Gasteiger partial charge in [0.25, 0.3) is 0 Å². The van der Waals surface area contributed by atoms with E-state index in [1.54, 1.807) is 0 Å². The van der Waals surface area contributed by atoms with E-state index in [-0.39, 0.29) is 0 Å². The Morgan fingerprint density at radius 3 is 2.50 bits per heavy atom. The minimum Gasteiger partial charge on any atom is -0.387 e. The largest absolute Gasteiger partial charge is 0.387 e. The number of rotatable bonds is 0. The lowest BCUT2D eigenvalue weighted by Crippen LogP contribution is -2.26. The van der Waals surface area contributed by atoms with Crippen LogP contribution in [0.5, 0.6) is 0 Å². The highest BCUT2D eigenvalue weighted by Crippen LogP contribution is 2.06. The number of hydrogen-bond acceptors (Lipinski definition) is 1. The Kier molecular flexibility index (Phi) is 1.15. The first-order chi connectivity index (χ1) is 2.93. The highest BCUT2D eigenvalue weighted by atomic mass is 79.9. The van der Waals surface area contributed by atoms with Crippen LogP contribution in [0, 0.1) is 0 Å². The van der Waals surface area contributed by atoms with E-state index in [0.717, 1.165) is 6.54 Å². The van der Waals surface area contributed by atoms with Crippen molar-refractivity contribution < 1.29 is 0 Å². The number of nitrogens with one attached hydrogen (secondary N) is 1. The fourth-order valence-corrected chi connectivity index (χ4v) is 0.753. The van der Waals surface area contributed by atoms with Crippen molar-refractivity contribution in [1.82, 2.24) is 5.32 Å². The third-order valence-electron chi connectivity index (χ3n) is 0.878. The number of halogens is 1. The average molecular weight is 148 g/mol. The zero-order chi connectivity index (χ0) is 4.41. The molecule has 0 amide bonds. The molecule has 1 aliphatic heterocycles. The molecule has 1 nitrogen and oxygen atoms in total. The summed E-state index contributed by atoms with van der Waals surface area (Å²) in [6.07, 6.45) is 1.21. The summed E-state index contributed by atoms with van der Waals surface area (Å²) in [6, 6.07) is 0. The topological polar surface area (TPSA) is 12.0 Å². The molecule has 0 radical (unpaired) electrons. The van der Waals surface area contributed by atoms with Crippen molar-refractivity contribution in [2.24, 2.45) is 0 Å². The minimum atomic E-state index is 1.15. The van der Waals surface area contributed by atoms with E-state index in [4.69, 9.17) is 0 Å². The van der Waals surface area contributed by atoms with Gasteiger partial charge in [0.05, 0.1) is 0 Å². The summed E-state index contributed by atoms with van der Waals surface area (Å²) in [7, 11) is 0. The van der Waals surface area contributed by atoms with Gasteiger partial charge in [0, 0.05) is 23.6 Å². The fourth-order valence-electron chi connectivity index (χ4n) is 0.362. The predicted molar refractivity (Wildman–Crippen MR) is 29.6 cm³/mol. The molecule has 0 aromatic heterocycles. The Morgan fingerprint density at radius 1 is 1.83 bits per heavy atom. The van der Waals surface area contributed by atoms with Crippen LogP contribution in [0.4, 0.5) is 0 Å². The maximum absolute atomic E-state index is 3.20. The predicted octanol–water partition coefficient (Wildman–Crippen LogP) is 1.22. The Hall–Kier alpha value is 0.0200. The molecule has 0 aromatic rings. The molecule has 2 heteroatoms. The first kappa shape index (κ1) is 4.19. The maximum Gasteiger partial charge on any atom is 0.0198 e. The van der Waals surface area contributed by atoms with Gasteiger partial charge in [0.15, 0.2) is 0 Å². The lowest BCUT2D eigenvalue weighted by atomic mass is 10.2. The second-order valence-electron chi connectivity index (χ2n) is 1.31. The summed E-state index contributed by atoms with van der Waals surface area (Å²) >= 11 is 3.20. The van der Waals surface area contributed by atoms with Gasteiger partial charge in [-0.2, -0.15) is 0 Å². The van der Waals surface area contributed by atoms with Crippen LogP contribution < -0.4 is 5.32 Å². The quantitative estimate of drug-likeness (QED) is 0.544. The molecule has 1 aliphatic rings. The van der Waals surface area contributed by atoms with E-state index in [2.05, 4.69) is 21.2 Å². The second-order valence-corrected chi connectivity index (χ2v) is 1.77. The van der Waals surface area contributed by atoms with E-state index in [1.807, 2.05) is 4.99 Å². The first-order valence-corrected chi connectivity index (χ1v) is 2.88. The van der Waals surface area contributed by atoms with Crippen LogP contribution in [0.3, 0.4) is 0 Å². The maximum atomic E-state index is 3.20. The van der Waals surface area contributed by atoms with Crippen LogP contribution in [0.2, 0.25) is 0 Å². The van der Waals surface area contributed by atoms with E-state index < -0.39 is 0 Å². The first-order valence-electron chi connectivity index (χ1n) is 1.96. The lowest BCUT2D eigenvalue weighted by Gasteiger charge is -2.17. The average Bonchev–Trinajstić information content (AvgIpc) is 1.31. The smallest absolute Gasteiger partial charge is 0.0198 e. The standard InChI is InChI=1S/C4H6BrN/c5-3-4-1-2-6-4/h3,6H,1-2H2. The Balaban J connectivity index is 2.34. The second kappa shape index (κ2) is 1.65. The summed E-state index contributed by atoms with van der Waals surface area (Å²) in [6.45, 7) is 1.15. The Labute approximate surface area is 45.6 Å². The highest BCUT2D eigenvalue weighted by molar-refractivity contribution is 9.11. The summed E-state index contributed by atoms with van der Waals surface area (Å²) in [4.78, 5) is 1.93. The van der Waals surface area contributed by atoms with Crippen molar-refractivity contribution in [2.75, 3.05) is 6.54 Å². The molecule has 34 valence electrons. The van der Waals surface area contributed by atoms with Crippen molar-refractivity contribution in [3.63, 3.8) is 0 Å². The van der Waals surface area contributed by atoms with E-state index in [0.29, 0.717) is 0 Å². The van der Waals surface area contributed by atoms with Crippen LogP contribution >= 0.6 is 15.9 Å². The van der Waals surface area contributed by atoms with Crippen LogP contribution in [0.25, 0.3) is 0 Å². The van der Waals surface area contributed by atoms with Gasteiger partial charge in [-0.3, -0.25) is 0 Å². The summed E-state index contributed by atoms with van der Waals surface area (Å²) < 4.78 is 0. The molecule has 0 atom stereocenters. The molecule has 0 spiro atoms. The van der Waals surface area contributed by atoms with Gasteiger partial charge in [-0.1, -0.05) is 15.9 Å². The summed E-state index contributed by atoms with van der Waals surface area (Å²) in [5.74, 6) is 0. The molecule has 1 rings (SSSR count). The zero-order valence-electron chi connectivity index (χ0n) is 3.37. The van der Waals surface area contributed by atoms with Gasteiger partial charge >= 0.3 is 0 Å². The van der Waals surface area contributed by atoms with Gasteiger partial charge in [0.1, 0.15) is 0 Å².